The number of aliphatic hydroxyl groups is 3. The van der Waals surface area contributed by atoms with Crippen molar-refractivity contribution < 1.29 is 225 Å². The van der Waals surface area contributed by atoms with Crippen LogP contribution >= 0.6 is 31.3 Å². The van der Waals surface area contributed by atoms with E-state index in [1.807, 2.05) is 4.98 Å². The Labute approximate surface area is 399 Å². The van der Waals surface area contributed by atoms with Gasteiger partial charge in [0.2, 0.25) is 0 Å². The molecule has 26 nitrogen and oxygen atoms in total. The molecule has 0 aliphatic carbocycles. The molecule has 2 aliphatic rings. The molecule has 0 amide bonds. The van der Waals surface area contributed by atoms with Gasteiger partial charge >= 0.3 is 152 Å². The normalized spacial score (nSPS) is 28.6. The molecule has 2 saturated heterocycles. The molecule has 0 bridgehead atoms. The Hall–Kier alpha value is 2.19. The number of nitrogens with one attached hydrogen (secondary N) is 1. The number of ether oxygens (including phenoxy) is 2. The molecule has 270 valence electrons. The van der Waals surface area contributed by atoms with Gasteiger partial charge in [-0.05, 0) is 6.07 Å². The summed E-state index contributed by atoms with van der Waals surface area (Å²) in [7, 11) is -25.4. The molecule has 34 heteroatoms. The number of aliphatic hydroxyl groups excluding tert-OH is 3. The molecule has 0 radical (unpaired) electrons. The number of aromatic amines is 1. The zero-order valence-electron chi connectivity index (χ0n) is 27.4. The van der Waals surface area contributed by atoms with Crippen molar-refractivity contribution in [2.75, 3.05) is 18.9 Å². The summed E-state index contributed by atoms with van der Waals surface area (Å²) >= 11 is 0. The Morgan fingerprint density at radius 3 is 1.83 bits per heavy atom. The van der Waals surface area contributed by atoms with Crippen molar-refractivity contribution in [3.8, 4) is 0 Å². The third-order valence-corrected chi connectivity index (χ3v) is 12.0. The number of phosphoric acid groups is 4. The van der Waals surface area contributed by atoms with Crippen molar-refractivity contribution in [1.82, 2.24) is 19.1 Å². The topological polar surface area (TPSA) is 402 Å². The summed E-state index contributed by atoms with van der Waals surface area (Å²) in [5, 5.41) is 30.4. The Morgan fingerprint density at radius 2 is 1.31 bits per heavy atom. The molecule has 4 unspecified atom stereocenters. The first-order chi connectivity index (χ1) is 22.1. The average molecular weight is 861 g/mol. The molecule has 2 fully saturated rings. The van der Waals surface area contributed by atoms with Gasteiger partial charge in [-0.1, -0.05) is 0 Å². The molecule has 52 heavy (non-hydrogen) atoms. The molecule has 0 spiro atoms. The van der Waals surface area contributed by atoms with Crippen molar-refractivity contribution in [2.24, 2.45) is 0 Å². The summed E-state index contributed by atoms with van der Waals surface area (Å²) in [5.41, 5.74) is 2.58. The summed E-state index contributed by atoms with van der Waals surface area (Å²) in [6, 6.07) is 2.07. The van der Waals surface area contributed by atoms with Crippen LogP contribution in [-0.2, 0) is 49.7 Å². The van der Waals surface area contributed by atoms with E-state index in [2.05, 4.69) is 27.0 Å². The molecular weight excluding hydrogens is 838 g/mol. The van der Waals surface area contributed by atoms with Crippen molar-refractivity contribution in [3.63, 3.8) is 0 Å². The van der Waals surface area contributed by atoms with Gasteiger partial charge in [0.25, 0.3) is 36.9 Å². The predicted octanol–water partition coefficient (Wildman–Crippen LogP) is -17.4. The van der Waals surface area contributed by atoms with Crippen LogP contribution < -0.4 is 183 Å². The number of hydrogen-bond acceptors (Lipinski definition) is 23. The summed E-state index contributed by atoms with van der Waals surface area (Å²) in [4.78, 5) is 88.4. The van der Waals surface area contributed by atoms with Gasteiger partial charge in [-0.3, -0.25) is 37.2 Å². The van der Waals surface area contributed by atoms with E-state index in [0.717, 1.165) is 16.8 Å². The van der Waals surface area contributed by atoms with Crippen molar-refractivity contribution >= 4 is 37.1 Å². The van der Waals surface area contributed by atoms with E-state index in [4.69, 9.17) is 15.2 Å². The Morgan fingerprint density at radius 1 is 0.808 bits per heavy atom. The van der Waals surface area contributed by atoms with Crippen LogP contribution in [0.25, 0.3) is 0 Å². The zero-order chi connectivity index (χ0) is 35.8. The van der Waals surface area contributed by atoms with Crippen LogP contribution in [0, 0.1) is 0 Å². The van der Waals surface area contributed by atoms with E-state index < -0.39 is 104 Å². The van der Waals surface area contributed by atoms with Gasteiger partial charge in [0.05, 0.1) is 19.3 Å². The minimum Gasteiger partial charge on any atom is -0.756 e. The molecule has 2 aromatic rings. The number of nitrogens with zero attached hydrogens (tertiary/aromatic N) is 3. The maximum absolute atomic E-state index is 12.0. The minimum atomic E-state index is -6.59. The third kappa shape index (κ3) is 15.4. The van der Waals surface area contributed by atoms with E-state index in [-0.39, 0.29) is 153 Å². The van der Waals surface area contributed by atoms with E-state index in [9.17, 15) is 67.5 Å². The molecule has 0 saturated carbocycles. The molecule has 4 rings (SSSR count). The second kappa shape index (κ2) is 22.0. The van der Waals surface area contributed by atoms with E-state index in [0.29, 0.717) is 4.57 Å². The Balaban J connectivity index is 0.00000650. The minimum absolute atomic E-state index is 0. The van der Waals surface area contributed by atoms with Gasteiger partial charge in [0.15, 0.2) is 6.23 Å². The fourth-order valence-electron chi connectivity index (χ4n) is 4.18. The number of aromatic nitrogens is 4. The van der Waals surface area contributed by atoms with Crippen LogP contribution in [0.1, 0.15) is 18.9 Å². The standard InChI is InChI=1S/C18H27N5O21P4.2K.2Li/c19-11-1-3-22(17(28)20-11)13-5-8(24)9(40-13)6-38-45(30,31)42-47(34,35)44-48(36,37)43-46(32,33)39-7-10-14(26)15(27)16(41-10)23-4-2-12(25)21-18(23)29;;;;/h1-4,8-10,13-16,24,26-27H,5-7H2,(H,30,31)(H,32,33)(H,34,35)(H,36,37)(H2,19,20,28)(H,21,25,29);;;;/q;4*+1/p-4/t8-,9-,10-,13-,14-,15-,16-;;;;/m1..../s1. The summed E-state index contributed by atoms with van der Waals surface area (Å²) in [6.07, 6.45) is -9.78. The first-order valence-corrected chi connectivity index (χ1v) is 18.6. The largest absolute Gasteiger partial charge is 1.00 e. The smallest absolute Gasteiger partial charge is 0.756 e. The first-order valence-electron chi connectivity index (χ1n) is 12.8. The monoisotopic (exact) mass is 861 g/mol. The molecule has 6 N–H and O–H groups in total. The van der Waals surface area contributed by atoms with Gasteiger partial charge < -0.3 is 59.1 Å². The number of nitrogens with two attached hydrogens (primary N) is 1. The number of nitrogen functional groups attached to an aromatic ring is 1. The van der Waals surface area contributed by atoms with Crippen LogP contribution in [0.5, 0.6) is 0 Å². The number of phosphoric ester groups is 2. The van der Waals surface area contributed by atoms with E-state index >= 15 is 0 Å². The fraction of sp³-hybridized carbons (Fsp3) is 0.556. The van der Waals surface area contributed by atoms with Crippen LogP contribution in [0.3, 0.4) is 0 Å². The van der Waals surface area contributed by atoms with Crippen molar-refractivity contribution in [1.29, 1.82) is 0 Å². The van der Waals surface area contributed by atoms with Gasteiger partial charge in [0, 0.05) is 24.9 Å². The van der Waals surface area contributed by atoms with Crippen molar-refractivity contribution in [3.05, 3.63) is 55.8 Å². The van der Waals surface area contributed by atoms with Gasteiger partial charge in [-0.15, -0.1) is 0 Å². The summed E-state index contributed by atoms with van der Waals surface area (Å²) in [6.45, 7) is -2.44. The molecule has 2 aromatic heterocycles. The number of H-pyrrole nitrogens is 1. The fourth-order valence-corrected chi connectivity index (χ4v) is 8.93. The van der Waals surface area contributed by atoms with Gasteiger partial charge in [-0.25, -0.2) is 22.5 Å². The summed E-state index contributed by atoms with van der Waals surface area (Å²) < 4.78 is 79.0. The van der Waals surface area contributed by atoms with Crippen LogP contribution in [-0.4, -0.2) is 78.2 Å². The van der Waals surface area contributed by atoms with Gasteiger partial charge in [-0.2, -0.15) is 4.98 Å². The molecule has 4 heterocycles. The number of anilines is 1. The third-order valence-electron chi connectivity index (χ3n) is 6.22. The maximum atomic E-state index is 12.0. The number of rotatable bonds is 14. The summed E-state index contributed by atoms with van der Waals surface area (Å²) in [5.74, 6) is -0.125. The van der Waals surface area contributed by atoms with E-state index in [1.54, 1.807) is 0 Å². The van der Waals surface area contributed by atoms with Crippen molar-refractivity contribution in [2.45, 2.75) is 49.4 Å². The number of hydrogen-bond donors (Lipinski definition) is 5. The quantitative estimate of drug-likeness (QED) is 0.0869. The first kappa shape index (κ1) is 54.2. The maximum Gasteiger partial charge on any atom is 1.00 e. The molecule has 11 atom stereocenters. The zero-order valence-corrected chi connectivity index (χ0v) is 37.2. The Bertz CT molecular complexity index is 1890. The van der Waals surface area contributed by atoms with E-state index in [1.165, 1.54) is 12.3 Å². The second-order valence-electron chi connectivity index (χ2n) is 9.66. The average Bonchev–Trinajstić information content (AvgIpc) is 3.42. The molecular formula is C18H23K2Li2N5O21P4. The predicted molar refractivity (Wildman–Crippen MR) is 140 cm³/mol. The van der Waals surface area contributed by atoms with Crippen LogP contribution in [0.15, 0.2) is 38.9 Å². The van der Waals surface area contributed by atoms with Crippen LogP contribution in [0.4, 0.5) is 5.82 Å². The molecule has 0 aromatic carbocycles. The second-order valence-corrected chi connectivity index (χ2v) is 15.7. The Kier molecular flexibility index (Phi) is 22.9. The van der Waals surface area contributed by atoms with Crippen LogP contribution in [0.2, 0.25) is 0 Å². The molecule has 2 aliphatic heterocycles. The van der Waals surface area contributed by atoms with Gasteiger partial charge in [0.1, 0.15) is 36.5 Å². The SMILES string of the molecule is Nc1ccn([C@H]2C[C@@H](O)[C@@H](COP(=O)([O-])OP(=O)([O-])OP(=O)([O-])OP(=O)([O-])OC[C@H]3O[C@@H](n4ccc(=O)[nH]c4=O)[C@H](O)[C@@H]3O)O2)c(=O)n1.[K+].[K+].[Li+].[Li+].